The van der Waals surface area contributed by atoms with Crippen LogP contribution in [0.1, 0.15) is 5.56 Å². The number of anilines is 1. The maximum atomic E-state index is 10.7. The molecule has 0 spiro atoms. The van der Waals surface area contributed by atoms with Gasteiger partial charge in [0, 0.05) is 23.2 Å². The van der Waals surface area contributed by atoms with E-state index in [0.717, 1.165) is 12.2 Å². The molecule has 110 valence electrons. The molecule has 0 unspecified atom stereocenters. The number of benzene rings is 2. The first-order chi connectivity index (χ1) is 10.2. The average molecular weight is 302 g/mol. The van der Waals surface area contributed by atoms with Gasteiger partial charge in [-0.25, -0.2) is 0 Å². The summed E-state index contributed by atoms with van der Waals surface area (Å²) in [5.74, 6) is 0.138. The predicted octanol–water partition coefficient (Wildman–Crippen LogP) is 2.88. The van der Waals surface area contributed by atoms with Crippen molar-refractivity contribution in [1.29, 1.82) is 0 Å². The molecule has 0 fully saturated rings. The van der Waals surface area contributed by atoms with E-state index in [1.807, 2.05) is 18.2 Å². The number of amides is 1. The molecule has 0 aliphatic heterocycles. The number of nitrogens with two attached hydrogens (primary N) is 1. The van der Waals surface area contributed by atoms with Crippen LogP contribution in [0.3, 0.4) is 0 Å². The van der Waals surface area contributed by atoms with Gasteiger partial charge in [-0.15, -0.1) is 11.8 Å². The second-order valence-electron chi connectivity index (χ2n) is 4.48. The smallest absolute Gasteiger partial charge is 0.255 e. The van der Waals surface area contributed by atoms with Crippen LogP contribution in [-0.2, 0) is 11.3 Å². The van der Waals surface area contributed by atoms with Crippen LogP contribution in [0.2, 0.25) is 0 Å². The summed E-state index contributed by atoms with van der Waals surface area (Å²) in [6, 6.07) is 15.9. The maximum absolute atomic E-state index is 10.7. The van der Waals surface area contributed by atoms with E-state index in [1.54, 1.807) is 17.8 Å². The third-order valence-corrected chi connectivity index (χ3v) is 3.61. The number of ether oxygens (including phenoxy) is 1. The minimum Gasteiger partial charge on any atom is -0.484 e. The number of hydrogen-bond acceptors (Lipinski definition) is 4. The van der Waals surface area contributed by atoms with Gasteiger partial charge in [0.15, 0.2) is 6.61 Å². The fraction of sp³-hybridized carbons (Fsp3) is 0.188. The molecule has 2 aromatic carbocycles. The Morgan fingerprint density at radius 3 is 2.67 bits per heavy atom. The predicted molar refractivity (Wildman–Crippen MR) is 86.7 cm³/mol. The lowest BCUT2D eigenvalue weighted by Crippen LogP contribution is -2.20. The van der Waals surface area contributed by atoms with Gasteiger partial charge in [-0.05, 0) is 36.1 Å². The van der Waals surface area contributed by atoms with Gasteiger partial charge in [-0.1, -0.05) is 18.2 Å². The maximum Gasteiger partial charge on any atom is 0.255 e. The van der Waals surface area contributed by atoms with E-state index in [-0.39, 0.29) is 6.61 Å². The second-order valence-corrected chi connectivity index (χ2v) is 5.36. The van der Waals surface area contributed by atoms with Crippen LogP contribution in [-0.4, -0.2) is 18.8 Å². The largest absolute Gasteiger partial charge is 0.484 e. The Kier molecular flexibility index (Phi) is 5.51. The highest BCUT2D eigenvalue weighted by molar-refractivity contribution is 7.98. The van der Waals surface area contributed by atoms with E-state index >= 15 is 0 Å². The minimum atomic E-state index is -0.484. The first kappa shape index (κ1) is 15.3. The number of thioether (sulfide) groups is 1. The Morgan fingerprint density at radius 1 is 1.24 bits per heavy atom. The zero-order valence-corrected chi connectivity index (χ0v) is 12.7. The number of hydrogen-bond donors (Lipinski definition) is 2. The molecule has 2 rings (SSSR count). The van der Waals surface area contributed by atoms with E-state index in [9.17, 15) is 4.79 Å². The second kappa shape index (κ2) is 7.59. The van der Waals surface area contributed by atoms with Crippen molar-refractivity contribution in [3.8, 4) is 5.75 Å². The Balaban J connectivity index is 1.92. The topological polar surface area (TPSA) is 64.3 Å². The van der Waals surface area contributed by atoms with Gasteiger partial charge in [0.1, 0.15) is 5.75 Å². The van der Waals surface area contributed by atoms with Crippen molar-refractivity contribution in [2.45, 2.75) is 11.4 Å². The number of carbonyl (C=O) groups excluding carboxylic acids is 1. The molecule has 0 aromatic heterocycles. The molecule has 1 amide bonds. The summed E-state index contributed by atoms with van der Waals surface area (Å²) in [5, 5.41) is 3.32. The summed E-state index contributed by atoms with van der Waals surface area (Å²) < 4.78 is 5.27. The number of nitrogens with one attached hydrogen (secondary N) is 1. The van der Waals surface area contributed by atoms with Gasteiger partial charge in [-0.2, -0.15) is 0 Å². The molecule has 0 aliphatic rings. The number of rotatable bonds is 7. The van der Waals surface area contributed by atoms with Crippen LogP contribution >= 0.6 is 11.8 Å². The number of primary amides is 1. The molecule has 0 heterocycles. The average Bonchev–Trinajstić information content (AvgIpc) is 2.52. The van der Waals surface area contributed by atoms with Crippen molar-refractivity contribution in [2.75, 3.05) is 18.2 Å². The van der Waals surface area contributed by atoms with Gasteiger partial charge < -0.3 is 15.8 Å². The summed E-state index contributed by atoms with van der Waals surface area (Å²) in [6.07, 6.45) is 2.06. The van der Waals surface area contributed by atoms with Crippen LogP contribution in [0.5, 0.6) is 5.75 Å². The fourth-order valence-electron chi connectivity index (χ4n) is 1.80. The molecule has 3 N–H and O–H groups in total. The highest BCUT2D eigenvalue weighted by Gasteiger charge is 2.00. The third kappa shape index (κ3) is 5.04. The Labute approximate surface area is 128 Å². The summed E-state index contributed by atoms with van der Waals surface area (Å²) in [4.78, 5) is 12.0. The van der Waals surface area contributed by atoms with Crippen LogP contribution in [0, 0.1) is 0 Å². The minimum absolute atomic E-state index is 0.112. The summed E-state index contributed by atoms with van der Waals surface area (Å²) >= 11 is 1.73. The molecule has 0 saturated carbocycles. The van der Waals surface area contributed by atoms with E-state index < -0.39 is 5.91 Å². The van der Waals surface area contributed by atoms with E-state index in [4.69, 9.17) is 10.5 Å². The molecule has 5 heteroatoms. The van der Waals surface area contributed by atoms with E-state index in [2.05, 4.69) is 35.8 Å². The van der Waals surface area contributed by atoms with Gasteiger partial charge in [-0.3, -0.25) is 4.79 Å². The molecule has 21 heavy (non-hydrogen) atoms. The van der Waals surface area contributed by atoms with Crippen LogP contribution < -0.4 is 15.8 Å². The molecular formula is C16H18N2O2S. The van der Waals surface area contributed by atoms with Crippen LogP contribution in [0.15, 0.2) is 53.4 Å². The summed E-state index contributed by atoms with van der Waals surface area (Å²) in [6.45, 7) is 0.619. The molecular weight excluding hydrogens is 284 g/mol. The van der Waals surface area contributed by atoms with Crippen molar-refractivity contribution in [2.24, 2.45) is 5.73 Å². The summed E-state index contributed by atoms with van der Waals surface area (Å²) in [7, 11) is 0. The molecule has 4 nitrogen and oxygen atoms in total. The zero-order chi connectivity index (χ0) is 15.1. The van der Waals surface area contributed by atoms with Crippen molar-refractivity contribution >= 4 is 23.4 Å². The molecule has 0 atom stereocenters. The fourth-order valence-corrected chi connectivity index (χ4v) is 2.21. The first-order valence-electron chi connectivity index (χ1n) is 6.55. The lowest BCUT2D eigenvalue weighted by Gasteiger charge is -2.09. The Bertz CT molecular complexity index is 599. The Hall–Kier alpha value is -2.14. The SMILES string of the molecule is CSc1ccc(CNc2cccc(OCC(N)=O)c2)cc1. The van der Waals surface area contributed by atoms with Crippen molar-refractivity contribution in [1.82, 2.24) is 0 Å². The molecule has 2 aromatic rings. The number of carbonyl (C=O) groups is 1. The summed E-state index contributed by atoms with van der Waals surface area (Å²) in [5.41, 5.74) is 7.20. The van der Waals surface area contributed by atoms with Crippen LogP contribution in [0.25, 0.3) is 0 Å². The molecule has 0 saturated heterocycles. The van der Waals surface area contributed by atoms with Crippen molar-refractivity contribution in [3.05, 3.63) is 54.1 Å². The van der Waals surface area contributed by atoms with Crippen molar-refractivity contribution in [3.63, 3.8) is 0 Å². The monoisotopic (exact) mass is 302 g/mol. The highest BCUT2D eigenvalue weighted by Crippen LogP contribution is 2.19. The van der Waals surface area contributed by atoms with Gasteiger partial charge in [0.2, 0.25) is 0 Å². The molecule has 0 aliphatic carbocycles. The van der Waals surface area contributed by atoms with Crippen LogP contribution in [0.4, 0.5) is 5.69 Å². The Morgan fingerprint density at radius 2 is 2.00 bits per heavy atom. The van der Waals surface area contributed by atoms with Gasteiger partial charge >= 0.3 is 0 Å². The lowest BCUT2D eigenvalue weighted by molar-refractivity contribution is -0.119. The van der Waals surface area contributed by atoms with Crippen molar-refractivity contribution < 1.29 is 9.53 Å². The van der Waals surface area contributed by atoms with E-state index in [1.165, 1.54) is 10.5 Å². The van der Waals surface area contributed by atoms with E-state index in [0.29, 0.717) is 5.75 Å². The van der Waals surface area contributed by atoms with Gasteiger partial charge in [0.05, 0.1) is 0 Å². The molecule has 0 radical (unpaired) electrons. The van der Waals surface area contributed by atoms with Gasteiger partial charge in [0.25, 0.3) is 5.91 Å². The normalized spacial score (nSPS) is 10.1. The zero-order valence-electron chi connectivity index (χ0n) is 11.8. The first-order valence-corrected chi connectivity index (χ1v) is 7.78. The molecule has 0 bridgehead atoms. The highest BCUT2D eigenvalue weighted by atomic mass is 32.2. The lowest BCUT2D eigenvalue weighted by atomic mass is 10.2. The quantitative estimate of drug-likeness (QED) is 0.772. The third-order valence-electron chi connectivity index (χ3n) is 2.87. The standard InChI is InChI=1S/C16H18N2O2S/c1-21-15-7-5-12(6-8-15)10-18-13-3-2-4-14(9-13)20-11-16(17)19/h2-9,18H,10-11H2,1H3,(H2,17,19).